The monoisotopic (exact) mass is 280 g/mol. The van der Waals surface area contributed by atoms with Crippen molar-refractivity contribution in [3.05, 3.63) is 34.9 Å². The average molecular weight is 281 g/mol. The zero-order chi connectivity index (χ0) is 13.7. The summed E-state index contributed by atoms with van der Waals surface area (Å²) in [7, 11) is 0. The molecular formula is C15H21ClN2O. The Balaban J connectivity index is 1.99. The van der Waals surface area contributed by atoms with Gasteiger partial charge in [-0.2, -0.15) is 0 Å². The quantitative estimate of drug-likeness (QED) is 0.813. The molecule has 1 N–H and O–H groups in total. The Morgan fingerprint density at radius 2 is 2.21 bits per heavy atom. The Hall–Kier alpha value is -1.06. The minimum atomic E-state index is 0.251. The van der Waals surface area contributed by atoms with Crippen LogP contribution in [0.25, 0.3) is 0 Å². The number of nitrogens with one attached hydrogen (secondary N) is 1. The van der Waals surface area contributed by atoms with Gasteiger partial charge in [0.15, 0.2) is 0 Å². The van der Waals surface area contributed by atoms with Crippen LogP contribution in [0.15, 0.2) is 24.3 Å². The van der Waals surface area contributed by atoms with Crippen molar-refractivity contribution in [2.24, 2.45) is 0 Å². The van der Waals surface area contributed by atoms with Gasteiger partial charge in [0, 0.05) is 24.0 Å². The highest BCUT2D eigenvalue weighted by Gasteiger charge is 2.30. The minimum absolute atomic E-state index is 0.251. The maximum atomic E-state index is 12.0. The second-order valence-electron chi connectivity index (χ2n) is 4.95. The maximum Gasteiger partial charge on any atom is 0.223 e. The molecule has 0 radical (unpaired) electrons. The molecule has 1 saturated heterocycles. The fourth-order valence-corrected chi connectivity index (χ4v) is 2.76. The molecule has 19 heavy (non-hydrogen) atoms. The lowest BCUT2D eigenvalue weighted by Crippen LogP contribution is -2.34. The molecule has 1 aromatic carbocycles. The van der Waals surface area contributed by atoms with Crippen molar-refractivity contribution in [1.29, 1.82) is 0 Å². The molecule has 0 spiro atoms. The Morgan fingerprint density at radius 1 is 1.42 bits per heavy atom. The summed E-state index contributed by atoms with van der Waals surface area (Å²) in [4.78, 5) is 14.0. The zero-order valence-corrected chi connectivity index (χ0v) is 12.1. The van der Waals surface area contributed by atoms with Crippen LogP contribution in [0.1, 0.15) is 31.7 Å². The molecule has 1 atom stereocenters. The van der Waals surface area contributed by atoms with Crippen LogP contribution in [0.2, 0.25) is 5.02 Å². The molecule has 1 unspecified atom stereocenters. The molecule has 1 aliphatic heterocycles. The molecule has 1 amide bonds. The Morgan fingerprint density at radius 3 is 2.95 bits per heavy atom. The maximum absolute atomic E-state index is 12.0. The van der Waals surface area contributed by atoms with E-state index in [9.17, 15) is 4.79 Å². The Bertz CT molecular complexity index is 436. The van der Waals surface area contributed by atoms with Gasteiger partial charge in [0.1, 0.15) is 0 Å². The SMILES string of the molecule is CCNCCC1CCC(=O)N1Cc1ccccc1Cl. The van der Waals surface area contributed by atoms with E-state index in [1.165, 1.54) is 0 Å². The van der Waals surface area contributed by atoms with Gasteiger partial charge in [0.2, 0.25) is 5.91 Å². The van der Waals surface area contributed by atoms with Crippen molar-refractivity contribution in [3.8, 4) is 0 Å². The van der Waals surface area contributed by atoms with Crippen LogP contribution < -0.4 is 5.32 Å². The lowest BCUT2D eigenvalue weighted by Gasteiger charge is -2.25. The number of hydrogen-bond acceptors (Lipinski definition) is 2. The molecule has 0 bridgehead atoms. The van der Waals surface area contributed by atoms with Gasteiger partial charge in [-0.05, 0) is 37.6 Å². The summed E-state index contributed by atoms with van der Waals surface area (Å²) in [5.74, 6) is 0.251. The van der Waals surface area contributed by atoms with Gasteiger partial charge >= 0.3 is 0 Å². The standard InChI is InChI=1S/C15H21ClN2O/c1-2-17-10-9-13-7-8-15(19)18(13)11-12-5-3-4-6-14(12)16/h3-6,13,17H,2,7-11H2,1H3. The van der Waals surface area contributed by atoms with Crippen LogP contribution in [0.5, 0.6) is 0 Å². The lowest BCUT2D eigenvalue weighted by atomic mass is 10.1. The second-order valence-corrected chi connectivity index (χ2v) is 5.35. The fourth-order valence-electron chi connectivity index (χ4n) is 2.57. The van der Waals surface area contributed by atoms with Gasteiger partial charge in [-0.25, -0.2) is 0 Å². The summed E-state index contributed by atoms with van der Waals surface area (Å²) in [5.41, 5.74) is 1.04. The molecular weight excluding hydrogens is 260 g/mol. The summed E-state index contributed by atoms with van der Waals surface area (Å²) in [5, 5.41) is 4.06. The number of carbonyl (C=O) groups excluding carboxylic acids is 1. The van der Waals surface area contributed by atoms with Crippen LogP contribution in [0, 0.1) is 0 Å². The van der Waals surface area contributed by atoms with Gasteiger partial charge in [0.05, 0.1) is 0 Å². The lowest BCUT2D eigenvalue weighted by molar-refractivity contribution is -0.129. The van der Waals surface area contributed by atoms with Crippen LogP contribution >= 0.6 is 11.6 Å². The molecule has 1 aromatic rings. The predicted octanol–water partition coefficient (Wildman–Crippen LogP) is 2.83. The third kappa shape index (κ3) is 3.71. The molecule has 2 rings (SSSR count). The van der Waals surface area contributed by atoms with Gasteiger partial charge in [-0.15, -0.1) is 0 Å². The van der Waals surface area contributed by atoms with Gasteiger partial charge < -0.3 is 10.2 Å². The van der Waals surface area contributed by atoms with E-state index in [1.54, 1.807) is 0 Å². The summed E-state index contributed by atoms with van der Waals surface area (Å²) in [6.07, 6.45) is 2.65. The second kappa shape index (κ2) is 6.92. The summed E-state index contributed by atoms with van der Waals surface area (Å²) < 4.78 is 0. The highest BCUT2D eigenvalue weighted by atomic mass is 35.5. The van der Waals surface area contributed by atoms with E-state index < -0.39 is 0 Å². The van der Waals surface area contributed by atoms with E-state index in [0.717, 1.165) is 36.5 Å². The molecule has 1 fully saturated rings. The summed E-state index contributed by atoms with van der Waals surface area (Å²) in [6.45, 7) is 4.68. The molecule has 0 saturated carbocycles. The molecule has 0 aromatic heterocycles. The third-order valence-electron chi connectivity index (χ3n) is 3.66. The van der Waals surface area contributed by atoms with Crippen LogP contribution in [0.4, 0.5) is 0 Å². The van der Waals surface area contributed by atoms with E-state index in [2.05, 4.69) is 12.2 Å². The number of nitrogens with zero attached hydrogens (tertiary/aromatic N) is 1. The van der Waals surface area contributed by atoms with Crippen molar-refractivity contribution in [1.82, 2.24) is 10.2 Å². The number of benzene rings is 1. The molecule has 1 heterocycles. The van der Waals surface area contributed by atoms with Crippen LogP contribution in [0.3, 0.4) is 0 Å². The zero-order valence-electron chi connectivity index (χ0n) is 11.4. The number of carbonyl (C=O) groups is 1. The number of likely N-dealkylation sites (tertiary alicyclic amines) is 1. The normalized spacial score (nSPS) is 19.2. The summed E-state index contributed by atoms with van der Waals surface area (Å²) >= 11 is 6.17. The first kappa shape index (κ1) is 14.4. The van der Waals surface area contributed by atoms with E-state index in [4.69, 9.17) is 11.6 Å². The molecule has 3 nitrogen and oxygen atoms in total. The van der Waals surface area contributed by atoms with Crippen molar-refractivity contribution < 1.29 is 4.79 Å². The smallest absolute Gasteiger partial charge is 0.223 e. The number of rotatable bonds is 6. The fraction of sp³-hybridized carbons (Fsp3) is 0.533. The number of halogens is 1. The first-order chi connectivity index (χ1) is 9.22. The van der Waals surface area contributed by atoms with E-state index >= 15 is 0 Å². The predicted molar refractivity (Wildman–Crippen MR) is 78.2 cm³/mol. The average Bonchev–Trinajstić information content (AvgIpc) is 2.74. The van der Waals surface area contributed by atoms with Gasteiger partial charge in [-0.1, -0.05) is 36.7 Å². The molecule has 0 aliphatic carbocycles. The van der Waals surface area contributed by atoms with E-state index in [1.807, 2.05) is 29.2 Å². The Kier molecular flexibility index (Phi) is 5.23. The van der Waals surface area contributed by atoms with Crippen molar-refractivity contribution in [3.63, 3.8) is 0 Å². The molecule has 1 aliphatic rings. The van der Waals surface area contributed by atoms with Crippen LogP contribution in [-0.4, -0.2) is 29.9 Å². The highest BCUT2D eigenvalue weighted by Crippen LogP contribution is 2.26. The van der Waals surface area contributed by atoms with E-state index in [-0.39, 0.29) is 5.91 Å². The third-order valence-corrected chi connectivity index (χ3v) is 4.02. The first-order valence-corrected chi connectivity index (χ1v) is 7.33. The van der Waals surface area contributed by atoms with Gasteiger partial charge in [0.25, 0.3) is 0 Å². The van der Waals surface area contributed by atoms with E-state index in [0.29, 0.717) is 19.0 Å². The Labute approximate surface area is 119 Å². The number of hydrogen-bond donors (Lipinski definition) is 1. The van der Waals surface area contributed by atoms with Crippen molar-refractivity contribution in [2.75, 3.05) is 13.1 Å². The van der Waals surface area contributed by atoms with Crippen molar-refractivity contribution >= 4 is 17.5 Å². The van der Waals surface area contributed by atoms with Crippen molar-refractivity contribution in [2.45, 2.75) is 38.8 Å². The van der Waals surface area contributed by atoms with Crippen LogP contribution in [-0.2, 0) is 11.3 Å². The van der Waals surface area contributed by atoms with Gasteiger partial charge in [-0.3, -0.25) is 4.79 Å². The molecule has 104 valence electrons. The topological polar surface area (TPSA) is 32.3 Å². The summed E-state index contributed by atoms with van der Waals surface area (Å²) in [6, 6.07) is 8.11. The molecule has 4 heteroatoms. The minimum Gasteiger partial charge on any atom is -0.335 e. The number of amides is 1. The largest absolute Gasteiger partial charge is 0.335 e. The highest BCUT2D eigenvalue weighted by molar-refractivity contribution is 6.31. The first-order valence-electron chi connectivity index (χ1n) is 6.96.